The molecule has 0 aliphatic carbocycles. The normalized spacial score (nSPS) is 16.0. The monoisotopic (exact) mass is 672 g/mol. The van der Waals surface area contributed by atoms with Gasteiger partial charge in [-0.3, -0.25) is 19.2 Å². The number of benzene rings is 1. The van der Waals surface area contributed by atoms with E-state index in [1.54, 1.807) is 24.3 Å². The van der Waals surface area contributed by atoms with Crippen molar-refractivity contribution in [3.05, 3.63) is 35.9 Å². The summed E-state index contributed by atoms with van der Waals surface area (Å²) in [5.41, 5.74) is 0.745. The molecule has 12 heteroatoms. The Bertz CT molecular complexity index is 1180. The maximum atomic E-state index is 13.2. The van der Waals surface area contributed by atoms with E-state index in [4.69, 9.17) is 0 Å². The maximum Gasteiger partial charge on any atom is 0.326 e. The fourth-order valence-electron chi connectivity index (χ4n) is 5.99. The SMILES string of the molecule is CCCCCCCCCCCCCC(=O)N[C@@H](CCC(=O)N[C@@H](C)C(=O)N1CCC[C@H]1C(=O)N[C@@H](Cc1ccccc1)C(=O)O)C(=O)O. The minimum atomic E-state index is -1.24. The number of carboxylic acid groups (broad SMARTS) is 2. The summed E-state index contributed by atoms with van der Waals surface area (Å²) in [4.78, 5) is 76.2. The van der Waals surface area contributed by atoms with Gasteiger partial charge in [-0.15, -0.1) is 0 Å². The number of carbonyl (C=O) groups excluding carboxylic acids is 4. The highest BCUT2D eigenvalue weighted by Crippen LogP contribution is 2.19. The number of unbranched alkanes of at least 4 members (excludes halogenated alkanes) is 10. The minimum absolute atomic E-state index is 0.0895. The predicted octanol–water partition coefficient (Wildman–Crippen LogP) is 4.34. The quantitative estimate of drug-likeness (QED) is 0.101. The summed E-state index contributed by atoms with van der Waals surface area (Å²) in [7, 11) is 0. The van der Waals surface area contributed by atoms with E-state index in [9.17, 15) is 39.0 Å². The van der Waals surface area contributed by atoms with Gasteiger partial charge in [0.25, 0.3) is 0 Å². The van der Waals surface area contributed by atoms with Crippen molar-refractivity contribution in [1.29, 1.82) is 0 Å². The molecule has 1 aromatic carbocycles. The van der Waals surface area contributed by atoms with Crippen LogP contribution in [0.4, 0.5) is 0 Å². The van der Waals surface area contributed by atoms with Crippen molar-refractivity contribution >= 4 is 35.6 Å². The molecule has 1 aromatic rings. The smallest absolute Gasteiger partial charge is 0.326 e. The Kier molecular flexibility index (Phi) is 18.9. The number of likely N-dealkylation sites (tertiary alicyclic amines) is 1. The summed E-state index contributed by atoms with van der Waals surface area (Å²) in [6.45, 7) is 3.97. The number of amides is 4. The number of carboxylic acids is 2. The fraction of sp³-hybridized carbons (Fsp3) is 0.667. The first kappa shape index (κ1) is 40.2. The van der Waals surface area contributed by atoms with Crippen LogP contribution in [-0.4, -0.2) is 81.4 Å². The Morgan fingerprint density at radius 3 is 1.90 bits per heavy atom. The lowest BCUT2D eigenvalue weighted by molar-refractivity contribution is -0.145. The van der Waals surface area contributed by atoms with Gasteiger partial charge in [0.05, 0.1) is 0 Å². The van der Waals surface area contributed by atoms with Crippen LogP contribution in [-0.2, 0) is 35.2 Å². The molecular formula is C36H56N4O8. The molecule has 0 saturated carbocycles. The molecule has 2 rings (SSSR count). The van der Waals surface area contributed by atoms with E-state index in [1.165, 1.54) is 56.8 Å². The zero-order valence-electron chi connectivity index (χ0n) is 28.7. The van der Waals surface area contributed by atoms with Gasteiger partial charge in [0.1, 0.15) is 24.2 Å². The molecule has 5 N–H and O–H groups in total. The maximum absolute atomic E-state index is 13.2. The minimum Gasteiger partial charge on any atom is -0.480 e. The number of nitrogens with zero attached hydrogens (tertiary/aromatic N) is 1. The summed E-state index contributed by atoms with van der Waals surface area (Å²) in [6.07, 6.45) is 13.5. The highest BCUT2D eigenvalue weighted by molar-refractivity contribution is 5.94. The Labute approximate surface area is 284 Å². The van der Waals surface area contributed by atoms with E-state index >= 15 is 0 Å². The molecule has 1 aliphatic heterocycles. The van der Waals surface area contributed by atoms with Crippen LogP contribution in [0.2, 0.25) is 0 Å². The molecule has 0 aromatic heterocycles. The van der Waals surface area contributed by atoms with Crippen molar-refractivity contribution in [3.63, 3.8) is 0 Å². The molecule has 268 valence electrons. The van der Waals surface area contributed by atoms with Gasteiger partial charge >= 0.3 is 11.9 Å². The summed E-state index contributed by atoms with van der Waals surface area (Å²) in [5, 5.41) is 26.9. The van der Waals surface area contributed by atoms with E-state index in [-0.39, 0.29) is 38.1 Å². The molecule has 0 radical (unpaired) electrons. The van der Waals surface area contributed by atoms with Gasteiger partial charge in [-0.1, -0.05) is 101 Å². The molecule has 0 bridgehead atoms. The highest BCUT2D eigenvalue weighted by atomic mass is 16.4. The van der Waals surface area contributed by atoms with Gasteiger partial charge in [-0.25, -0.2) is 9.59 Å². The molecule has 0 spiro atoms. The molecule has 48 heavy (non-hydrogen) atoms. The third-order valence-electron chi connectivity index (χ3n) is 8.78. The molecular weight excluding hydrogens is 616 g/mol. The predicted molar refractivity (Wildman–Crippen MR) is 182 cm³/mol. The highest BCUT2D eigenvalue weighted by Gasteiger charge is 2.37. The van der Waals surface area contributed by atoms with Gasteiger partial charge in [-0.05, 0) is 38.2 Å². The van der Waals surface area contributed by atoms with E-state index in [0.717, 1.165) is 24.8 Å². The molecule has 1 saturated heterocycles. The standard InChI is InChI=1S/C36H56N4O8/c1-3-4-5-6-7-8-9-10-11-12-16-21-31(41)38-28(35(45)46)22-23-32(42)37-26(2)34(44)40-24-17-20-30(40)33(43)39-29(36(47)48)25-27-18-14-13-15-19-27/h13-15,18-19,26,28-30H,3-12,16-17,20-25H2,1-2H3,(H,37,42)(H,38,41)(H,39,43)(H,45,46)(H,47,48)/t26-,28-,29-,30-/m0/s1. The van der Waals surface area contributed by atoms with Crippen molar-refractivity contribution < 1.29 is 39.0 Å². The second-order valence-electron chi connectivity index (χ2n) is 12.9. The second-order valence-corrected chi connectivity index (χ2v) is 12.9. The molecule has 4 amide bonds. The Morgan fingerprint density at radius 2 is 1.31 bits per heavy atom. The lowest BCUT2D eigenvalue weighted by Crippen LogP contribution is -2.55. The topological polar surface area (TPSA) is 182 Å². The Balaban J connectivity index is 1.73. The third-order valence-corrected chi connectivity index (χ3v) is 8.78. The second kappa shape index (κ2) is 22.6. The average Bonchev–Trinajstić information content (AvgIpc) is 3.55. The van der Waals surface area contributed by atoms with Crippen LogP contribution in [0.5, 0.6) is 0 Å². The van der Waals surface area contributed by atoms with Crippen molar-refractivity contribution in [1.82, 2.24) is 20.9 Å². The van der Waals surface area contributed by atoms with Crippen molar-refractivity contribution in [3.8, 4) is 0 Å². The average molecular weight is 673 g/mol. The first-order chi connectivity index (χ1) is 23.0. The van der Waals surface area contributed by atoms with Gasteiger partial charge in [0, 0.05) is 25.8 Å². The van der Waals surface area contributed by atoms with Crippen molar-refractivity contribution in [2.24, 2.45) is 0 Å². The van der Waals surface area contributed by atoms with E-state index in [2.05, 4.69) is 22.9 Å². The van der Waals surface area contributed by atoms with Gasteiger partial charge < -0.3 is 31.1 Å². The number of aliphatic carboxylic acids is 2. The Hall–Kier alpha value is -3.96. The molecule has 1 fully saturated rings. The Morgan fingerprint density at radius 1 is 0.750 bits per heavy atom. The van der Waals surface area contributed by atoms with Crippen LogP contribution < -0.4 is 16.0 Å². The summed E-state index contributed by atoms with van der Waals surface area (Å²) in [6, 6.07) is 4.63. The number of hydrogen-bond donors (Lipinski definition) is 5. The summed E-state index contributed by atoms with van der Waals surface area (Å²) >= 11 is 0. The molecule has 0 unspecified atom stereocenters. The summed E-state index contributed by atoms with van der Waals surface area (Å²) in [5.74, 6) is -4.42. The van der Waals surface area contributed by atoms with Crippen LogP contribution in [0, 0.1) is 0 Å². The van der Waals surface area contributed by atoms with Crippen LogP contribution in [0.15, 0.2) is 30.3 Å². The van der Waals surface area contributed by atoms with Crippen molar-refractivity contribution in [2.75, 3.05) is 6.54 Å². The van der Waals surface area contributed by atoms with Crippen LogP contribution in [0.3, 0.4) is 0 Å². The third kappa shape index (κ3) is 15.3. The molecule has 1 heterocycles. The van der Waals surface area contributed by atoms with Crippen molar-refractivity contribution in [2.45, 2.75) is 147 Å². The number of rotatable bonds is 24. The zero-order valence-corrected chi connectivity index (χ0v) is 28.7. The molecule has 4 atom stereocenters. The largest absolute Gasteiger partial charge is 0.480 e. The van der Waals surface area contributed by atoms with Gasteiger partial charge in [-0.2, -0.15) is 0 Å². The van der Waals surface area contributed by atoms with Gasteiger partial charge in [0.2, 0.25) is 23.6 Å². The zero-order chi connectivity index (χ0) is 35.3. The van der Waals surface area contributed by atoms with E-state index < -0.39 is 53.8 Å². The lowest BCUT2D eigenvalue weighted by atomic mass is 10.0. The van der Waals surface area contributed by atoms with E-state index in [0.29, 0.717) is 19.3 Å². The fourth-order valence-corrected chi connectivity index (χ4v) is 5.99. The molecule has 12 nitrogen and oxygen atoms in total. The lowest BCUT2D eigenvalue weighted by Gasteiger charge is -2.28. The first-order valence-electron chi connectivity index (χ1n) is 17.7. The van der Waals surface area contributed by atoms with Crippen LogP contribution in [0.25, 0.3) is 0 Å². The molecule has 1 aliphatic rings. The first-order valence-corrected chi connectivity index (χ1v) is 17.7. The van der Waals surface area contributed by atoms with Crippen LogP contribution in [0.1, 0.15) is 122 Å². The summed E-state index contributed by atoms with van der Waals surface area (Å²) < 4.78 is 0. The number of hydrogen-bond acceptors (Lipinski definition) is 6. The van der Waals surface area contributed by atoms with E-state index in [1.807, 2.05) is 6.07 Å². The van der Waals surface area contributed by atoms with Crippen LogP contribution >= 0.6 is 0 Å². The number of nitrogens with one attached hydrogen (secondary N) is 3. The van der Waals surface area contributed by atoms with Gasteiger partial charge in [0.15, 0.2) is 0 Å². The number of carbonyl (C=O) groups is 6.